The van der Waals surface area contributed by atoms with Gasteiger partial charge in [0, 0.05) is 6.20 Å². The van der Waals surface area contributed by atoms with Crippen molar-refractivity contribution >= 4 is 11.7 Å². The molecule has 2 amide bonds. The van der Waals surface area contributed by atoms with Gasteiger partial charge in [-0.3, -0.25) is 9.88 Å². The van der Waals surface area contributed by atoms with E-state index in [1.165, 1.54) is 0 Å². The molecule has 0 radical (unpaired) electrons. The molecule has 0 saturated carbocycles. The zero-order valence-electron chi connectivity index (χ0n) is 11.5. The second-order valence-corrected chi connectivity index (χ2v) is 4.35. The van der Waals surface area contributed by atoms with Gasteiger partial charge in [-0.1, -0.05) is 13.3 Å². The quantitative estimate of drug-likeness (QED) is 0.783. The van der Waals surface area contributed by atoms with Crippen LogP contribution in [0.5, 0.6) is 0 Å². The Labute approximate surface area is 108 Å². The predicted molar refractivity (Wildman–Crippen MR) is 73.6 cm³/mol. The molecule has 5 nitrogen and oxygen atoms in total. The molecule has 0 spiro atoms. The molecule has 0 aliphatic heterocycles. The smallest absolute Gasteiger partial charge is 0.320 e. The van der Waals surface area contributed by atoms with Gasteiger partial charge >= 0.3 is 6.03 Å². The lowest BCUT2D eigenvalue weighted by Gasteiger charge is -2.30. The van der Waals surface area contributed by atoms with Crippen LogP contribution >= 0.6 is 0 Å². The van der Waals surface area contributed by atoms with E-state index in [9.17, 15) is 4.79 Å². The fourth-order valence-electron chi connectivity index (χ4n) is 1.98. The van der Waals surface area contributed by atoms with Crippen LogP contribution < -0.4 is 16.0 Å². The van der Waals surface area contributed by atoms with Gasteiger partial charge in [0.25, 0.3) is 0 Å². The Morgan fingerprint density at radius 1 is 1.61 bits per heavy atom. The molecule has 3 N–H and O–H groups in total. The van der Waals surface area contributed by atoms with Crippen LogP contribution in [0, 0.1) is 6.92 Å². The van der Waals surface area contributed by atoms with E-state index < -0.39 is 6.03 Å². The van der Waals surface area contributed by atoms with E-state index in [4.69, 9.17) is 5.73 Å². The number of rotatable bonds is 5. The first kappa shape index (κ1) is 14.4. The average Bonchev–Trinajstić information content (AvgIpc) is 2.32. The summed E-state index contributed by atoms with van der Waals surface area (Å²) in [5, 5.41) is 3.04. The number of anilines is 1. The summed E-state index contributed by atoms with van der Waals surface area (Å²) in [4.78, 5) is 17.6. The summed E-state index contributed by atoms with van der Waals surface area (Å²) in [6.45, 7) is 5.95. The van der Waals surface area contributed by atoms with Crippen molar-refractivity contribution in [3.05, 3.63) is 23.5 Å². The number of nitrogens with one attached hydrogen (secondary N) is 1. The highest BCUT2D eigenvalue weighted by Gasteiger charge is 2.23. The molecule has 0 saturated heterocycles. The van der Waals surface area contributed by atoms with Gasteiger partial charge in [0.05, 0.1) is 17.5 Å². The summed E-state index contributed by atoms with van der Waals surface area (Å²) < 4.78 is 0. The van der Waals surface area contributed by atoms with E-state index in [-0.39, 0.29) is 6.17 Å². The van der Waals surface area contributed by atoms with Crippen molar-refractivity contribution in [3.63, 3.8) is 0 Å². The number of hydrogen-bond donors (Lipinski definition) is 2. The van der Waals surface area contributed by atoms with Gasteiger partial charge in [0.15, 0.2) is 0 Å². The fourth-order valence-corrected chi connectivity index (χ4v) is 1.98. The zero-order chi connectivity index (χ0) is 13.7. The molecule has 0 aliphatic rings. The van der Waals surface area contributed by atoms with Crippen LogP contribution in [0.3, 0.4) is 0 Å². The van der Waals surface area contributed by atoms with Crippen molar-refractivity contribution in [1.82, 2.24) is 10.3 Å². The molecule has 1 aromatic rings. The van der Waals surface area contributed by atoms with Crippen LogP contribution in [0.2, 0.25) is 0 Å². The predicted octanol–water partition coefficient (Wildman–Crippen LogP) is 1.79. The number of aromatic nitrogens is 1. The summed E-state index contributed by atoms with van der Waals surface area (Å²) >= 11 is 0. The Balaban J connectivity index is 3.30. The lowest BCUT2D eigenvalue weighted by molar-refractivity contribution is 0.251. The number of hydrogen-bond acceptors (Lipinski definition) is 3. The molecule has 18 heavy (non-hydrogen) atoms. The molecule has 0 aliphatic carbocycles. The van der Waals surface area contributed by atoms with E-state index in [2.05, 4.69) is 17.2 Å². The standard InChI is InChI=1S/C13H22N4O/c1-5-6-11-12(9(2)7-8-16-11)17(13(14)18)10(3)15-4/h7-8,10,15H,5-6H2,1-4H3,(H2,14,18). The molecule has 5 heteroatoms. The minimum atomic E-state index is -0.467. The Hall–Kier alpha value is -1.62. The summed E-state index contributed by atoms with van der Waals surface area (Å²) in [7, 11) is 1.80. The molecule has 0 bridgehead atoms. The molecule has 0 aromatic carbocycles. The van der Waals surface area contributed by atoms with Crippen LogP contribution in [0.4, 0.5) is 10.5 Å². The first-order valence-corrected chi connectivity index (χ1v) is 6.23. The average molecular weight is 250 g/mol. The largest absolute Gasteiger partial charge is 0.351 e. The Bertz CT molecular complexity index is 419. The van der Waals surface area contributed by atoms with Crippen molar-refractivity contribution in [1.29, 1.82) is 0 Å². The van der Waals surface area contributed by atoms with Crippen LogP contribution in [0.15, 0.2) is 12.3 Å². The van der Waals surface area contributed by atoms with Crippen molar-refractivity contribution in [2.75, 3.05) is 11.9 Å². The first-order chi connectivity index (χ1) is 8.52. The van der Waals surface area contributed by atoms with Crippen molar-refractivity contribution in [3.8, 4) is 0 Å². The second kappa shape index (κ2) is 6.35. The van der Waals surface area contributed by atoms with Crippen molar-refractivity contribution in [2.45, 2.75) is 39.8 Å². The van der Waals surface area contributed by atoms with E-state index in [0.29, 0.717) is 0 Å². The monoisotopic (exact) mass is 250 g/mol. The molecule has 100 valence electrons. The van der Waals surface area contributed by atoms with Gasteiger partial charge in [-0.05, 0) is 38.9 Å². The lowest BCUT2D eigenvalue weighted by atomic mass is 10.1. The Morgan fingerprint density at radius 3 is 2.78 bits per heavy atom. The zero-order valence-corrected chi connectivity index (χ0v) is 11.5. The molecule has 0 fully saturated rings. The normalized spacial score (nSPS) is 12.2. The SMILES string of the molecule is CCCc1nccc(C)c1N(C(N)=O)C(C)NC. The molecule has 1 atom stereocenters. The van der Waals surface area contributed by atoms with Crippen LogP contribution in [-0.2, 0) is 6.42 Å². The van der Waals surface area contributed by atoms with Crippen LogP contribution in [-0.4, -0.2) is 24.2 Å². The highest BCUT2D eigenvalue weighted by molar-refractivity contribution is 5.92. The third-order valence-electron chi connectivity index (χ3n) is 2.97. The van der Waals surface area contributed by atoms with E-state index in [1.54, 1.807) is 18.1 Å². The Kier molecular flexibility index (Phi) is 5.09. The number of pyridine rings is 1. The molecule has 1 heterocycles. The van der Waals surface area contributed by atoms with E-state index in [1.807, 2.05) is 19.9 Å². The number of carbonyl (C=O) groups is 1. The number of amides is 2. The minimum Gasteiger partial charge on any atom is -0.351 e. The van der Waals surface area contributed by atoms with Gasteiger partial charge in [-0.2, -0.15) is 0 Å². The maximum absolute atomic E-state index is 11.7. The van der Waals surface area contributed by atoms with Gasteiger partial charge < -0.3 is 11.1 Å². The minimum absolute atomic E-state index is 0.166. The maximum atomic E-state index is 11.7. The second-order valence-electron chi connectivity index (χ2n) is 4.35. The molecule has 1 rings (SSSR count). The number of carbonyl (C=O) groups excluding carboxylic acids is 1. The number of primary amides is 1. The van der Waals surface area contributed by atoms with E-state index in [0.717, 1.165) is 29.8 Å². The topological polar surface area (TPSA) is 71.2 Å². The van der Waals surface area contributed by atoms with Gasteiger partial charge in [-0.25, -0.2) is 4.79 Å². The fraction of sp³-hybridized carbons (Fsp3) is 0.538. The molecule has 1 aromatic heterocycles. The number of urea groups is 1. The van der Waals surface area contributed by atoms with Gasteiger partial charge in [-0.15, -0.1) is 0 Å². The summed E-state index contributed by atoms with van der Waals surface area (Å²) in [6, 6.07) is 1.43. The summed E-state index contributed by atoms with van der Waals surface area (Å²) in [5.74, 6) is 0. The van der Waals surface area contributed by atoms with Crippen molar-refractivity contribution < 1.29 is 4.79 Å². The third-order valence-corrected chi connectivity index (χ3v) is 2.97. The summed E-state index contributed by atoms with van der Waals surface area (Å²) in [5.41, 5.74) is 8.25. The van der Waals surface area contributed by atoms with E-state index >= 15 is 0 Å². The molecule has 1 unspecified atom stereocenters. The highest BCUT2D eigenvalue weighted by Crippen LogP contribution is 2.25. The number of aryl methyl sites for hydroxylation is 2. The van der Waals surface area contributed by atoms with Crippen LogP contribution in [0.25, 0.3) is 0 Å². The van der Waals surface area contributed by atoms with Gasteiger partial charge in [0.2, 0.25) is 0 Å². The van der Waals surface area contributed by atoms with Gasteiger partial charge in [0.1, 0.15) is 0 Å². The molecular formula is C13H22N4O. The lowest BCUT2D eigenvalue weighted by Crippen LogP contribution is -2.49. The maximum Gasteiger partial charge on any atom is 0.320 e. The van der Waals surface area contributed by atoms with Crippen LogP contribution in [0.1, 0.15) is 31.5 Å². The van der Waals surface area contributed by atoms with Crippen molar-refractivity contribution in [2.24, 2.45) is 5.73 Å². The summed E-state index contributed by atoms with van der Waals surface area (Å²) in [6.07, 6.45) is 3.41. The number of nitrogens with zero attached hydrogens (tertiary/aromatic N) is 2. The first-order valence-electron chi connectivity index (χ1n) is 6.23. The number of nitrogens with two attached hydrogens (primary N) is 1. The highest BCUT2D eigenvalue weighted by atomic mass is 16.2. The molecular weight excluding hydrogens is 228 g/mol. The Morgan fingerprint density at radius 2 is 2.28 bits per heavy atom. The third kappa shape index (κ3) is 2.98.